The lowest BCUT2D eigenvalue weighted by Gasteiger charge is -2.27. The first-order chi connectivity index (χ1) is 11.5. The Labute approximate surface area is 143 Å². The Hall–Kier alpha value is -2.14. The summed E-state index contributed by atoms with van der Waals surface area (Å²) in [5.41, 5.74) is 1.98. The van der Waals surface area contributed by atoms with E-state index < -0.39 is 0 Å². The maximum atomic E-state index is 12.2. The second-order valence-electron chi connectivity index (χ2n) is 7.13. The van der Waals surface area contributed by atoms with Gasteiger partial charge >= 0.3 is 0 Å². The predicted octanol–water partition coefficient (Wildman–Crippen LogP) is 2.61. The summed E-state index contributed by atoms with van der Waals surface area (Å²) in [4.78, 5) is 22.0. The van der Waals surface area contributed by atoms with Crippen molar-refractivity contribution in [3.05, 3.63) is 42.2 Å². The third-order valence-corrected chi connectivity index (χ3v) is 4.48. The number of carbonyl (C=O) groups excluding carboxylic acids is 1. The number of benzene rings is 1. The Kier molecular flexibility index (Phi) is 5.00. The second-order valence-corrected chi connectivity index (χ2v) is 7.13. The molecular formula is C19H26N4O. The molecule has 0 radical (unpaired) electrons. The normalized spacial score (nSPS) is 15.0. The van der Waals surface area contributed by atoms with Crippen LogP contribution >= 0.6 is 0 Å². The van der Waals surface area contributed by atoms with Crippen molar-refractivity contribution in [2.75, 3.05) is 19.6 Å². The first-order valence-corrected chi connectivity index (χ1v) is 8.66. The molecule has 0 aliphatic carbocycles. The van der Waals surface area contributed by atoms with E-state index in [9.17, 15) is 4.79 Å². The molecule has 0 unspecified atom stereocenters. The molecule has 1 aliphatic heterocycles. The molecule has 2 aromatic rings. The first kappa shape index (κ1) is 16.7. The number of aromatic amines is 1. The zero-order valence-electron chi connectivity index (χ0n) is 14.5. The van der Waals surface area contributed by atoms with Gasteiger partial charge in [0, 0.05) is 42.5 Å². The Morgan fingerprint density at radius 2 is 1.96 bits per heavy atom. The molecule has 0 bridgehead atoms. The number of hydrogen-bond donors (Lipinski definition) is 2. The molecule has 1 aromatic carbocycles. The Bertz CT molecular complexity index is 672. The molecule has 2 heterocycles. The number of amides is 1. The minimum absolute atomic E-state index is 0.171. The minimum atomic E-state index is -0.171. The van der Waals surface area contributed by atoms with Gasteiger partial charge in [-0.3, -0.25) is 4.79 Å². The van der Waals surface area contributed by atoms with Crippen molar-refractivity contribution in [3.8, 4) is 11.4 Å². The predicted molar refractivity (Wildman–Crippen MR) is 95.6 cm³/mol. The maximum Gasteiger partial charge on any atom is 0.236 e. The summed E-state index contributed by atoms with van der Waals surface area (Å²) >= 11 is 0. The van der Waals surface area contributed by atoms with Crippen LogP contribution in [-0.2, 0) is 11.2 Å². The summed E-state index contributed by atoms with van der Waals surface area (Å²) in [6.07, 6.45) is 4.94. The van der Waals surface area contributed by atoms with Crippen LogP contribution in [0.5, 0.6) is 0 Å². The largest absolute Gasteiger partial charge is 0.342 e. The summed E-state index contributed by atoms with van der Waals surface area (Å²) in [5, 5.41) is 3.39. The second kappa shape index (κ2) is 7.18. The zero-order valence-corrected chi connectivity index (χ0v) is 14.5. The number of H-pyrrole nitrogens is 1. The van der Waals surface area contributed by atoms with Crippen molar-refractivity contribution in [1.29, 1.82) is 0 Å². The molecule has 0 spiro atoms. The highest BCUT2D eigenvalue weighted by atomic mass is 16.2. The van der Waals surface area contributed by atoms with E-state index in [1.807, 2.05) is 41.4 Å². The molecule has 24 heavy (non-hydrogen) atoms. The average molecular weight is 326 g/mol. The fourth-order valence-corrected chi connectivity index (χ4v) is 3.12. The summed E-state index contributed by atoms with van der Waals surface area (Å²) in [5.74, 6) is 1.09. The van der Waals surface area contributed by atoms with Gasteiger partial charge in [-0.1, -0.05) is 30.3 Å². The third kappa shape index (κ3) is 4.23. The number of nitrogens with zero attached hydrogens (tertiary/aromatic N) is 2. The molecule has 1 amide bonds. The van der Waals surface area contributed by atoms with Crippen LogP contribution in [0.2, 0.25) is 0 Å². The van der Waals surface area contributed by atoms with Gasteiger partial charge in [0.25, 0.3) is 0 Å². The van der Waals surface area contributed by atoms with E-state index in [4.69, 9.17) is 0 Å². The molecule has 1 aromatic heterocycles. The fourth-order valence-electron chi connectivity index (χ4n) is 3.12. The molecule has 5 heteroatoms. The lowest BCUT2D eigenvalue weighted by atomic mass is 9.99. The van der Waals surface area contributed by atoms with Crippen molar-refractivity contribution < 1.29 is 4.79 Å². The maximum absolute atomic E-state index is 12.2. The van der Waals surface area contributed by atoms with E-state index in [-0.39, 0.29) is 11.4 Å². The van der Waals surface area contributed by atoms with E-state index in [1.165, 1.54) is 0 Å². The van der Waals surface area contributed by atoms with Gasteiger partial charge < -0.3 is 15.2 Å². The number of rotatable bonds is 6. The van der Waals surface area contributed by atoms with Gasteiger partial charge in [0.15, 0.2) is 0 Å². The van der Waals surface area contributed by atoms with Crippen LogP contribution in [0, 0.1) is 0 Å². The number of likely N-dealkylation sites (tertiary alicyclic amines) is 1. The number of hydrogen-bond acceptors (Lipinski definition) is 3. The zero-order chi connectivity index (χ0) is 17.0. The van der Waals surface area contributed by atoms with Crippen molar-refractivity contribution >= 4 is 5.91 Å². The van der Waals surface area contributed by atoms with E-state index in [0.717, 1.165) is 49.4 Å². The third-order valence-electron chi connectivity index (χ3n) is 4.48. The SMILES string of the molecule is CC(C)(Cc1cnc(-c2ccccc2)[nH]1)NCC(=O)N1CCCC1. The number of aromatic nitrogens is 2. The van der Waals surface area contributed by atoms with Crippen LogP contribution in [-0.4, -0.2) is 45.9 Å². The van der Waals surface area contributed by atoms with Crippen LogP contribution in [0.1, 0.15) is 32.4 Å². The van der Waals surface area contributed by atoms with Gasteiger partial charge in [0.2, 0.25) is 5.91 Å². The van der Waals surface area contributed by atoms with Gasteiger partial charge in [-0.25, -0.2) is 4.98 Å². The average Bonchev–Trinajstić information content (AvgIpc) is 3.25. The van der Waals surface area contributed by atoms with Gasteiger partial charge in [-0.15, -0.1) is 0 Å². The van der Waals surface area contributed by atoms with E-state index in [0.29, 0.717) is 6.54 Å². The topological polar surface area (TPSA) is 61.0 Å². The van der Waals surface area contributed by atoms with Crippen LogP contribution < -0.4 is 5.32 Å². The smallest absolute Gasteiger partial charge is 0.236 e. The molecule has 1 saturated heterocycles. The van der Waals surface area contributed by atoms with Crippen LogP contribution in [0.3, 0.4) is 0 Å². The number of nitrogens with one attached hydrogen (secondary N) is 2. The van der Waals surface area contributed by atoms with Crippen molar-refractivity contribution in [1.82, 2.24) is 20.2 Å². The summed E-state index contributed by atoms with van der Waals surface area (Å²) in [6, 6.07) is 10.1. The summed E-state index contributed by atoms with van der Waals surface area (Å²) in [6.45, 7) is 6.44. The molecular weight excluding hydrogens is 300 g/mol. The molecule has 0 atom stereocenters. The lowest BCUT2D eigenvalue weighted by Crippen LogP contribution is -2.47. The summed E-state index contributed by atoms with van der Waals surface area (Å²) in [7, 11) is 0. The van der Waals surface area contributed by atoms with Crippen LogP contribution in [0.25, 0.3) is 11.4 Å². The molecule has 128 valence electrons. The minimum Gasteiger partial charge on any atom is -0.342 e. The Morgan fingerprint density at radius 1 is 1.25 bits per heavy atom. The van der Waals surface area contributed by atoms with Crippen LogP contribution in [0.15, 0.2) is 36.5 Å². The molecule has 5 nitrogen and oxygen atoms in total. The van der Waals surface area contributed by atoms with E-state index in [1.54, 1.807) is 0 Å². The highest BCUT2D eigenvalue weighted by Crippen LogP contribution is 2.18. The highest BCUT2D eigenvalue weighted by Gasteiger charge is 2.23. The molecule has 0 saturated carbocycles. The van der Waals surface area contributed by atoms with E-state index >= 15 is 0 Å². The molecule has 2 N–H and O–H groups in total. The molecule has 1 fully saturated rings. The fraction of sp³-hybridized carbons (Fsp3) is 0.474. The quantitative estimate of drug-likeness (QED) is 0.858. The van der Waals surface area contributed by atoms with Gasteiger partial charge in [-0.2, -0.15) is 0 Å². The van der Waals surface area contributed by atoms with Crippen LogP contribution in [0.4, 0.5) is 0 Å². The number of imidazole rings is 1. The van der Waals surface area contributed by atoms with E-state index in [2.05, 4.69) is 29.1 Å². The van der Waals surface area contributed by atoms with Crippen molar-refractivity contribution in [3.63, 3.8) is 0 Å². The van der Waals surface area contributed by atoms with Gasteiger partial charge in [0.1, 0.15) is 5.82 Å². The molecule has 3 rings (SSSR count). The van der Waals surface area contributed by atoms with Gasteiger partial charge in [-0.05, 0) is 26.7 Å². The highest BCUT2D eigenvalue weighted by molar-refractivity contribution is 5.78. The standard InChI is InChI=1S/C19H26N4O/c1-19(2,21-14-17(24)23-10-6-7-11-23)12-16-13-20-18(22-16)15-8-4-3-5-9-15/h3-5,8-9,13,21H,6-7,10-12,14H2,1-2H3,(H,20,22). The molecule has 1 aliphatic rings. The first-order valence-electron chi connectivity index (χ1n) is 8.66. The van der Waals surface area contributed by atoms with Crippen molar-refractivity contribution in [2.24, 2.45) is 0 Å². The Morgan fingerprint density at radius 3 is 2.67 bits per heavy atom. The monoisotopic (exact) mass is 326 g/mol. The van der Waals surface area contributed by atoms with Crippen molar-refractivity contribution in [2.45, 2.75) is 38.6 Å². The summed E-state index contributed by atoms with van der Waals surface area (Å²) < 4.78 is 0. The Balaban J connectivity index is 1.56. The lowest BCUT2D eigenvalue weighted by molar-refractivity contribution is -0.129. The van der Waals surface area contributed by atoms with Gasteiger partial charge in [0.05, 0.1) is 6.54 Å². The number of carbonyl (C=O) groups is 1.